The number of methoxy groups -OCH3 is 3. The van der Waals surface area contributed by atoms with Gasteiger partial charge in [0.1, 0.15) is 16.4 Å². The van der Waals surface area contributed by atoms with Gasteiger partial charge in [0.15, 0.2) is 22.0 Å². The number of carbonyl (C=O) groups excluding carboxylic acids is 1. The van der Waals surface area contributed by atoms with Gasteiger partial charge in [-0.3, -0.25) is 14.2 Å². The lowest BCUT2D eigenvalue weighted by atomic mass is 9.96. The Labute approximate surface area is 221 Å². The SMILES string of the molecule is COc1cc(-c2nc3sc4c(c3c(=O)n2Cc2ccc(Br)o2)CCC(Br)C4=O)cc(OC)c1OC. The molecule has 0 aliphatic heterocycles. The first-order chi connectivity index (χ1) is 16.9. The number of nitrogens with zero attached hydrogens (tertiary/aromatic N) is 2. The second-order valence-electron chi connectivity index (χ2n) is 7.91. The van der Waals surface area contributed by atoms with E-state index in [4.69, 9.17) is 23.6 Å². The standard InChI is InChI=1S/C24H20Br2N2O6S/c1-31-15-8-11(9-16(32-2)20(15)33-3)22-27-23-18(13-5-6-14(25)19(29)21(13)35-23)24(30)28(22)10-12-4-7-17(26)34-12/h4,7-9,14H,5-6,10H2,1-3H3. The van der Waals surface area contributed by atoms with Crippen molar-refractivity contribution in [1.82, 2.24) is 9.55 Å². The summed E-state index contributed by atoms with van der Waals surface area (Å²) in [6.07, 6.45) is 1.26. The second kappa shape index (κ2) is 9.44. The number of rotatable bonds is 6. The molecule has 8 nitrogen and oxygen atoms in total. The Morgan fingerprint density at radius 1 is 1.14 bits per heavy atom. The number of ether oxygens (including phenoxy) is 3. The van der Waals surface area contributed by atoms with Crippen molar-refractivity contribution in [1.29, 1.82) is 0 Å². The fourth-order valence-corrected chi connectivity index (χ4v) is 6.45. The second-order valence-corrected chi connectivity index (χ2v) is 10.8. The average molecular weight is 624 g/mol. The highest BCUT2D eigenvalue weighted by Gasteiger charge is 2.32. The molecule has 1 atom stereocenters. The van der Waals surface area contributed by atoms with Gasteiger partial charge in [0.05, 0.1) is 43.0 Å². The number of halogens is 2. The van der Waals surface area contributed by atoms with Crippen molar-refractivity contribution in [2.24, 2.45) is 0 Å². The molecule has 0 radical (unpaired) electrons. The van der Waals surface area contributed by atoms with Crippen molar-refractivity contribution < 1.29 is 23.4 Å². The van der Waals surface area contributed by atoms with Gasteiger partial charge < -0.3 is 18.6 Å². The number of thiophene rings is 1. The normalized spacial score (nSPS) is 15.3. The number of aromatic nitrogens is 2. The molecule has 1 aliphatic rings. The number of hydrogen-bond acceptors (Lipinski definition) is 8. The minimum Gasteiger partial charge on any atom is -0.493 e. The molecule has 0 saturated carbocycles. The smallest absolute Gasteiger partial charge is 0.263 e. The molecular weight excluding hydrogens is 604 g/mol. The van der Waals surface area contributed by atoms with Crippen LogP contribution < -0.4 is 19.8 Å². The Kier molecular flexibility index (Phi) is 6.49. The molecule has 0 spiro atoms. The van der Waals surface area contributed by atoms with E-state index in [9.17, 15) is 9.59 Å². The summed E-state index contributed by atoms with van der Waals surface area (Å²) in [6.45, 7) is 0.152. The van der Waals surface area contributed by atoms with Crippen LogP contribution in [0.2, 0.25) is 0 Å². The molecule has 1 aliphatic carbocycles. The fourth-order valence-electron chi connectivity index (χ4n) is 4.29. The summed E-state index contributed by atoms with van der Waals surface area (Å²) in [5.41, 5.74) is 1.14. The Balaban J connectivity index is 1.80. The van der Waals surface area contributed by atoms with Crippen molar-refractivity contribution >= 4 is 59.2 Å². The molecule has 0 amide bonds. The summed E-state index contributed by atoms with van der Waals surface area (Å²) in [7, 11) is 4.58. The molecule has 35 heavy (non-hydrogen) atoms. The first kappa shape index (κ1) is 24.1. The van der Waals surface area contributed by atoms with E-state index < -0.39 is 0 Å². The van der Waals surface area contributed by atoms with Gasteiger partial charge in [-0.2, -0.15) is 0 Å². The Hall–Kier alpha value is -2.63. The largest absolute Gasteiger partial charge is 0.493 e. The molecule has 1 aromatic carbocycles. The zero-order chi connectivity index (χ0) is 24.9. The van der Waals surface area contributed by atoms with Crippen LogP contribution in [0.1, 0.15) is 27.4 Å². The Bertz CT molecular complexity index is 1500. The molecule has 0 N–H and O–H groups in total. The highest BCUT2D eigenvalue weighted by molar-refractivity contribution is 9.10. The zero-order valence-corrected chi connectivity index (χ0v) is 23.0. The Morgan fingerprint density at radius 2 is 1.86 bits per heavy atom. The molecule has 1 unspecified atom stereocenters. The van der Waals surface area contributed by atoms with Gasteiger partial charge in [-0.25, -0.2) is 4.98 Å². The number of fused-ring (bicyclic) bond motifs is 3. The number of alkyl halides is 1. The van der Waals surface area contributed by atoms with Gasteiger partial charge in [0.2, 0.25) is 5.75 Å². The predicted octanol–water partition coefficient (Wildman–Crippen LogP) is 5.45. The quantitative estimate of drug-likeness (QED) is 0.264. The number of hydrogen-bond donors (Lipinski definition) is 0. The van der Waals surface area contributed by atoms with Crippen LogP contribution in [-0.2, 0) is 13.0 Å². The molecule has 5 rings (SSSR count). The summed E-state index contributed by atoms with van der Waals surface area (Å²) in [6, 6.07) is 7.06. The monoisotopic (exact) mass is 622 g/mol. The molecule has 3 aromatic heterocycles. The topological polar surface area (TPSA) is 92.8 Å². The summed E-state index contributed by atoms with van der Waals surface area (Å²) in [4.78, 5) is 32.5. The predicted molar refractivity (Wildman–Crippen MR) is 140 cm³/mol. The van der Waals surface area contributed by atoms with Crippen LogP contribution in [0.15, 0.2) is 38.1 Å². The van der Waals surface area contributed by atoms with Gasteiger partial charge in [0, 0.05) is 5.56 Å². The minimum absolute atomic E-state index is 0.00972. The van der Waals surface area contributed by atoms with E-state index in [2.05, 4.69) is 31.9 Å². The lowest BCUT2D eigenvalue weighted by Gasteiger charge is -2.17. The van der Waals surface area contributed by atoms with Gasteiger partial charge in [-0.05, 0) is 58.6 Å². The molecular formula is C24H20Br2N2O6S. The summed E-state index contributed by atoms with van der Waals surface area (Å²) < 4.78 is 24.3. The molecule has 4 aromatic rings. The van der Waals surface area contributed by atoms with Crippen LogP contribution in [0.5, 0.6) is 17.2 Å². The zero-order valence-electron chi connectivity index (χ0n) is 19.0. The molecule has 3 heterocycles. The van der Waals surface area contributed by atoms with Crippen molar-refractivity contribution in [2.75, 3.05) is 21.3 Å². The third-order valence-electron chi connectivity index (χ3n) is 5.93. The summed E-state index contributed by atoms with van der Waals surface area (Å²) >= 11 is 8.03. The van der Waals surface area contributed by atoms with E-state index >= 15 is 0 Å². The first-order valence-corrected chi connectivity index (χ1v) is 13.2. The minimum atomic E-state index is -0.250. The number of benzene rings is 1. The lowest BCUT2D eigenvalue weighted by Crippen LogP contribution is -2.26. The van der Waals surface area contributed by atoms with Crippen LogP contribution in [0.3, 0.4) is 0 Å². The van der Waals surface area contributed by atoms with Crippen molar-refractivity contribution in [3.63, 3.8) is 0 Å². The van der Waals surface area contributed by atoms with Crippen LogP contribution in [0.25, 0.3) is 21.6 Å². The average Bonchev–Trinajstić information content (AvgIpc) is 3.45. The first-order valence-electron chi connectivity index (χ1n) is 10.6. The molecule has 0 fully saturated rings. The van der Waals surface area contributed by atoms with E-state index in [0.29, 0.717) is 67.0 Å². The number of carbonyl (C=O) groups is 1. The van der Waals surface area contributed by atoms with Crippen LogP contribution in [0.4, 0.5) is 0 Å². The highest BCUT2D eigenvalue weighted by Crippen LogP contribution is 2.42. The maximum Gasteiger partial charge on any atom is 0.263 e. The van der Waals surface area contributed by atoms with Crippen molar-refractivity contribution in [3.8, 4) is 28.6 Å². The van der Waals surface area contributed by atoms with Crippen molar-refractivity contribution in [3.05, 3.63) is 55.5 Å². The number of ketones is 1. The van der Waals surface area contributed by atoms with Gasteiger partial charge in [0.25, 0.3) is 5.56 Å². The lowest BCUT2D eigenvalue weighted by molar-refractivity contribution is 0.0986. The van der Waals surface area contributed by atoms with Crippen molar-refractivity contribution in [2.45, 2.75) is 24.2 Å². The van der Waals surface area contributed by atoms with Crippen LogP contribution in [-0.4, -0.2) is 41.5 Å². The van der Waals surface area contributed by atoms with E-state index in [1.54, 1.807) is 28.8 Å². The summed E-state index contributed by atoms with van der Waals surface area (Å²) in [5.74, 6) is 2.27. The van der Waals surface area contributed by atoms with Gasteiger partial charge >= 0.3 is 0 Å². The van der Waals surface area contributed by atoms with E-state index in [1.165, 1.54) is 32.7 Å². The maximum atomic E-state index is 14.0. The molecule has 0 saturated heterocycles. The van der Waals surface area contributed by atoms with E-state index in [1.807, 2.05) is 0 Å². The molecule has 0 bridgehead atoms. The summed E-state index contributed by atoms with van der Waals surface area (Å²) in [5, 5.41) is 0.486. The third kappa shape index (κ3) is 4.09. The number of aryl methyl sites for hydroxylation is 1. The Morgan fingerprint density at radius 3 is 2.46 bits per heavy atom. The van der Waals surface area contributed by atoms with Gasteiger partial charge in [-0.1, -0.05) is 15.9 Å². The van der Waals surface area contributed by atoms with E-state index in [-0.39, 0.29) is 22.7 Å². The number of Topliss-reactive ketones (excluding diaryl/α,β-unsaturated/α-hetero) is 1. The van der Waals surface area contributed by atoms with Crippen LogP contribution >= 0.6 is 43.2 Å². The molecule has 11 heteroatoms. The molecule has 182 valence electrons. The van der Waals surface area contributed by atoms with Gasteiger partial charge in [-0.15, -0.1) is 11.3 Å². The van der Waals surface area contributed by atoms with Crippen LogP contribution in [0, 0.1) is 0 Å². The number of furan rings is 1. The highest BCUT2D eigenvalue weighted by atomic mass is 79.9. The third-order valence-corrected chi connectivity index (χ3v) is 8.37. The fraction of sp³-hybridized carbons (Fsp3) is 0.292. The maximum absolute atomic E-state index is 14.0. The van der Waals surface area contributed by atoms with E-state index in [0.717, 1.165) is 5.56 Å².